The van der Waals surface area contributed by atoms with Gasteiger partial charge in [0.15, 0.2) is 0 Å². The van der Waals surface area contributed by atoms with Crippen molar-refractivity contribution >= 4 is 10.8 Å². The zero-order valence-electron chi connectivity index (χ0n) is 17.9. The minimum absolute atomic E-state index is 0.131. The van der Waals surface area contributed by atoms with Gasteiger partial charge in [-0.15, -0.1) is 0 Å². The molecule has 0 heterocycles. The second-order valence-corrected chi connectivity index (χ2v) is 8.24. The number of rotatable bonds is 7. The normalized spacial score (nSPS) is 11.2. The van der Waals surface area contributed by atoms with Crippen molar-refractivity contribution in [2.75, 3.05) is 0 Å². The summed E-state index contributed by atoms with van der Waals surface area (Å²) in [5, 5.41) is 1.69. The number of hydrogen-bond acceptors (Lipinski definition) is 0. The summed E-state index contributed by atoms with van der Waals surface area (Å²) in [5.41, 5.74) is 6.44. The lowest BCUT2D eigenvalue weighted by Crippen LogP contribution is -1.90. The zero-order valence-corrected chi connectivity index (χ0v) is 17.9. The molecule has 30 heavy (non-hydrogen) atoms. The first kappa shape index (κ1) is 20.3. The standard InChI is InChI=1S/C29H29F/c1-3-4-5-6-7-22-10-18-28-26(20-22)17-19-27(29(28)30)25-15-13-24(14-16-25)23-11-8-21(2)9-12-23/h8-20H,3-7H2,1-2H3. The van der Waals surface area contributed by atoms with E-state index in [1.165, 1.54) is 42.4 Å². The van der Waals surface area contributed by atoms with Crippen molar-refractivity contribution < 1.29 is 4.39 Å². The molecule has 0 saturated heterocycles. The van der Waals surface area contributed by atoms with Gasteiger partial charge < -0.3 is 0 Å². The molecule has 4 rings (SSSR count). The maximum Gasteiger partial charge on any atom is 0.138 e. The van der Waals surface area contributed by atoms with Crippen LogP contribution in [0.25, 0.3) is 33.0 Å². The van der Waals surface area contributed by atoms with Crippen LogP contribution in [0.2, 0.25) is 0 Å². The second kappa shape index (κ2) is 9.26. The van der Waals surface area contributed by atoms with Gasteiger partial charge in [-0.05, 0) is 47.4 Å². The summed E-state index contributed by atoms with van der Waals surface area (Å²) >= 11 is 0. The van der Waals surface area contributed by atoms with Gasteiger partial charge in [-0.3, -0.25) is 0 Å². The number of hydrogen-bond donors (Lipinski definition) is 0. The van der Waals surface area contributed by atoms with E-state index in [2.05, 4.69) is 68.4 Å². The van der Waals surface area contributed by atoms with Crippen molar-refractivity contribution in [3.8, 4) is 22.3 Å². The highest BCUT2D eigenvalue weighted by atomic mass is 19.1. The van der Waals surface area contributed by atoms with Crippen LogP contribution in [0, 0.1) is 12.7 Å². The molecule has 0 bridgehead atoms. The maximum atomic E-state index is 15.3. The number of fused-ring (bicyclic) bond motifs is 1. The molecule has 0 aliphatic carbocycles. The average Bonchev–Trinajstić information content (AvgIpc) is 2.78. The van der Waals surface area contributed by atoms with E-state index < -0.39 is 0 Å². The van der Waals surface area contributed by atoms with Crippen LogP contribution < -0.4 is 0 Å². The number of halogens is 1. The molecule has 1 heteroatoms. The molecule has 0 spiro atoms. The SMILES string of the molecule is CCCCCCc1ccc2c(F)c(-c3ccc(-c4ccc(C)cc4)cc3)ccc2c1. The Morgan fingerprint density at radius 2 is 1.33 bits per heavy atom. The van der Waals surface area contributed by atoms with E-state index in [0.29, 0.717) is 10.9 Å². The van der Waals surface area contributed by atoms with Crippen LogP contribution in [0.4, 0.5) is 4.39 Å². The maximum absolute atomic E-state index is 15.3. The van der Waals surface area contributed by atoms with Gasteiger partial charge >= 0.3 is 0 Å². The fourth-order valence-electron chi connectivity index (χ4n) is 4.06. The number of unbranched alkanes of at least 4 members (excludes halogenated alkanes) is 3. The van der Waals surface area contributed by atoms with Crippen LogP contribution in [0.5, 0.6) is 0 Å². The molecule has 0 aliphatic rings. The van der Waals surface area contributed by atoms with Crippen molar-refractivity contribution in [3.05, 3.63) is 95.8 Å². The van der Waals surface area contributed by atoms with Gasteiger partial charge in [0.2, 0.25) is 0 Å². The molecular weight excluding hydrogens is 367 g/mol. The summed E-state index contributed by atoms with van der Waals surface area (Å²) in [6, 6.07) is 26.8. The lowest BCUT2D eigenvalue weighted by Gasteiger charge is -2.10. The van der Waals surface area contributed by atoms with Crippen molar-refractivity contribution in [1.82, 2.24) is 0 Å². The van der Waals surface area contributed by atoms with Crippen molar-refractivity contribution in [2.45, 2.75) is 46.0 Å². The van der Waals surface area contributed by atoms with Gasteiger partial charge in [0.25, 0.3) is 0 Å². The van der Waals surface area contributed by atoms with E-state index in [4.69, 9.17) is 0 Å². The van der Waals surface area contributed by atoms with Crippen LogP contribution in [-0.2, 0) is 6.42 Å². The minimum Gasteiger partial charge on any atom is -0.206 e. The van der Waals surface area contributed by atoms with Crippen molar-refractivity contribution in [3.63, 3.8) is 0 Å². The highest BCUT2D eigenvalue weighted by Crippen LogP contribution is 2.31. The Bertz CT molecular complexity index is 1120. The van der Waals surface area contributed by atoms with Gasteiger partial charge in [-0.25, -0.2) is 4.39 Å². The van der Waals surface area contributed by atoms with E-state index in [1.807, 2.05) is 24.3 Å². The molecule has 4 aromatic carbocycles. The molecule has 0 radical (unpaired) electrons. The molecule has 0 fully saturated rings. The Hall–Kier alpha value is -2.93. The van der Waals surface area contributed by atoms with E-state index in [-0.39, 0.29) is 5.82 Å². The molecular formula is C29H29F. The Balaban J connectivity index is 1.58. The molecule has 0 atom stereocenters. The van der Waals surface area contributed by atoms with Crippen LogP contribution in [-0.4, -0.2) is 0 Å². The monoisotopic (exact) mass is 396 g/mol. The smallest absolute Gasteiger partial charge is 0.138 e. The molecule has 0 aliphatic heterocycles. The van der Waals surface area contributed by atoms with Crippen molar-refractivity contribution in [2.24, 2.45) is 0 Å². The second-order valence-electron chi connectivity index (χ2n) is 8.24. The number of aryl methyl sites for hydroxylation is 2. The first-order valence-corrected chi connectivity index (χ1v) is 11.0. The summed E-state index contributed by atoms with van der Waals surface area (Å²) in [7, 11) is 0. The molecule has 0 aromatic heterocycles. The third-order valence-corrected chi connectivity index (χ3v) is 5.92. The summed E-state index contributed by atoms with van der Waals surface area (Å²) in [6.07, 6.45) is 6.07. The third-order valence-electron chi connectivity index (χ3n) is 5.92. The Labute approximate surface area is 179 Å². The highest BCUT2D eigenvalue weighted by Gasteiger charge is 2.10. The molecule has 152 valence electrons. The Kier molecular flexibility index (Phi) is 6.28. The van der Waals surface area contributed by atoms with Gasteiger partial charge in [0.1, 0.15) is 5.82 Å². The van der Waals surface area contributed by atoms with Gasteiger partial charge in [0, 0.05) is 10.9 Å². The Morgan fingerprint density at radius 1 is 0.667 bits per heavy atom. The van der Waals surface area contributed by atoms with Crippen LogP contribution in [0.15, 0.2) is 78.9 Å². The lowest BCUT2D eigenvalue weighted by molar-refractivity contribution is 0.643. The molecule has 0 amide bonds. The van der Waals surface area contributed by atoms with Gasteiger partial charge in [-0.1, -0.05) is 111 Å². The molecule has 4 aromatic rings. The van der Waals surface area contributed by atoms with Crippen molar-refractivity contribution in [1.29, 1.82) is 0 Å². The van der Waals surface area contributed by atoms with E-state index in [0.717, 1.165) is 22.9 Å². The van der Waals surface area contributed by atoms with Gasteiger partial charge in [0.05, 0.1) is 0 Å². The number of benzene rings is 4. The zero-order chi connectivity index (χ0) is 20.9. The highest BCUT2D eigenvalue weighted by molar-refractivity contribution is 5.89. The first-order valence-electron chi connectivity index (χ1n) is 11.0. The van der Waals surface area contributed by atoms with E-state index in [9.17, 15) is 0 Å². The molecule has 0 unspecified atom stereocenters. The van der Waals surface area contributed by atoms with E-state index >= 15 is 4.39 Å². The minimum atomic E-state index is -0.131. The summed E-state index contributed by atoms with van der Waals surface area (Å²) in [5.74, 6) is -0.131. The summed E-state index contributed by atoms with van der Waals surface area (Å²) < 4.78 is 15.3. The predicted octanol–water partition coefficient (Wildman–Crippen LogP) is 8.74. The summed E-state index contributed by atoms with van der Waals surface area (Å²) in [4.78, 5) is 0. The molecule has 0 nitrogen and oxygen atoms in total. The van der Waals surface area contributed by atoms with Crippen LogP contribution >= 0.6 is 0 Å². The van der Waals surface area contributed by atoms with E-state index in [1.54, 1.807) is 0 Å². The average molecular weight is 397 g/mol. The van der Waals surface area contributed by atoms with Crippen LogP contribution in [0.3, 0.4) is 0 Å². The Morgan fingerprint density at radius 3 is 2.03 bits per heavy atom. The third kappa shape index (κ3) is 4.46. The lowest BCUT2D eigenvalue weighted by atomic mass is 9.96. The molecule has 0 saturated carbocycles. The quantitative estimate of drug-likeness (QED) is 0.274. The topological polar surface area (TPSA) is 0 Å². The summed E-state index contributed by atoms with van der Waals surface area (Å²) in [6.45, 7) is 4.32. The first-order chi connectivity index (χ1) is 14.7. The predicted molar refractivity (Wildman–Crippen MR) is 127 cm³/mol. The fourth-order valence-corrected chi connectivity index (χ4v) is 4.06. The fraction of sp³-hybridized carbons (Fsp3) is 0.241. The molecule has 0 N–H and O–H groups in total. The van der Waals surface area contributed by atoms with Gasteiger partial charge in [-0.2, -0.15) is 0 Å². The largest absolute Gasteiger partial charge is 0.206 e. The van der Waals surface area contributed by atoms with Crippen LogP contribution in [0.1, 0.15) is 43.7 Å².